The summed E-state index contributed by atoms with van der Waals surface area (Å²) in [5.74, 6) is -0.287. The molecule has 0 amide bonds. The number of rotatable bonds is 1. The van der Waals surface area contributed by atoms with Gasteiger partial charge in [-0.2, -0.15) is 5.26 Å². The van der Waals surface area contributed by atoms with E-state index in [1.54, 1.807) is 25.4 Å². The molecule has 0 aliphatic rings. The van der Waals surface area contributed by atoms with Gasteiger partial charge in [0.2, 0.25) is 0 Å². The van der Waals surface area contributed by atoms with Gasteiger partial charge in [-0.3, -0.25) is 5.32 Å². The van der Waals surface area contributed by atoms with Crippen molar-refractivity contribution in [2.24, 2.45) is 4.99 Å². The van der Waals surface area contributed by atoms with Crippen LogP contribution in [0.4, 0.5) is 10.1 Å². The number of nitrogens with one attached hydrogen (secondary N) is 1. The quantitative estimate of drug-likeness (QED) is 0.375. The SMILES string of the molecule is CSC(=Nc1ccc(F)c(C)c1Br)NC#N. The molecule has 84 valence electrons. The highest BCUT2D eigenvalue weighted by Gasteiger charge is 2.07. The maximum atomic E-state index is 13.2. The van der Waals surface area contributed by atoms with Gasteiger partial charge in [0.05, 0.1) is 5.69 Å². The highest BCUT2D eigenvalue weighted by Crippen LogP contribution is 2.30. The van der Waals surface area contributed by atoms with Gasteiger partial charge in [-0.15, -0.1) is 0 Å². The van der Waals surface area contributed by atoms with Crippen molar-refractivity contribution in [2.45, 2.75) is 6.92 Å². The third kappa shape index (κ3) is 2.97. The Morgan fingerprint density at radius 2 is 2.31 bits per heavy atom. The number of nitrogens with zero attached hydrogens (tertiary/aromatic N) is 2. The molecule has 3 nitrogen and oxygen atoms in total. The number of nitriles is 1. The third-order valence-electron chi connectivity index (χ3n) is 1.88. The van der Waals surface area contributed by atoms with Crippen LogP contribution < -0.4 is 5.32 Å². The molecule has 16 heavy (non-hydrogen) atoms. The number of hydrogen-bond acceptors (Lipinski definition) is 3. The van der Waals surface area contributed by atoms with E-state index in [2.05, 4.69) is 26.2 Å². The number of benzene rings is 1. The molecule has 0 fully saturated rings. The zero-order valence-electron chi connectivity index (χ0n) is 8.71. The molecule has 0 aliphatic heterocycles. The minimum atomic E-state index is -0.287. The molecule has 0 bridgehead atoms. The summed E-state index contributed by atoms with van der Waals surface area (Å²) in [6, 6.07) is 2.91. The Bertz CT molecular complexity index is 468. The predicted octanol–water partition coefficient (Wildman–Crippen LogP) is 3.32. The van der Waals surface area contributed by atoms with Crippen LogP contribution in [0.1, 0.15) is 5.56 Å². The summed E-state index contributed by atoms with van der Waals surface area (Å²) in [6.45, 7) is 1.66. The second-order valence-electron chi connectivity index (χ2n) is 2.86. The lowest BCUT2D eigenvalue weighted by Crippen LogP contribution is -2.12. The van der Waals surface area contributed by atoms with Crippen molar-refractivity contribution in [1.29, 1.82) is 5.26 Å². The molecule has 1 aromatic carbocycles. The number of amidine groups is 1. The van der Waals surface area contributed by atoms with E-state index in [4.69, 9.17) is 5.26 Å². The molecule has 0 heterocycles. The molecule has 0 radical (unpaired) electrons. The first-order valence-corrected chi connectivity index (χ1v) is 6.34. The van der Waals surface area contributed by atoms with Gasteiger partial charge < -0.3 is 0 Å². The molecule has 0 aliphatic carbocycles. The van der Waals surface area contributed by atoms with Crippen LogP contribution in [0.2, 0.25) is 0 Å². The van der Waals surface area contributed by atoms with Gasteiger partial charge in [0.25, 0.3) is 0 Å². The van der Waals surface area contributed by atoms with Crippen molar-refractivity contribution < 1.29 is 4.39 Å². The van der Waals surface area contributed by atoms with Gasteiger partial charge in [-0.25, -0.2) is 9.38 Å². The Balaban J connectivity index is 3.15. The number of thioether (sulfide) groups is 1. The Morgan fingerprint density at radius 3 is 2.88 bits per heavy atom. The molecule has 0 saturated heterocycles. The Labute approximate surface area is 106 Å². The average molecular weight is 302 g/mol. The van der Waals surface area contributed by atoms with Crippen LogP contribution in [0.3, 0.4) is 0 Å². The minimum absolute atomic E-state index is 0.287. The molecule has 1 aromatic rings. The summed E-state index contributed by atoms with van der Waals surface area (Å²) in [4.78, 5) is 4.20. The molecular formula is C10H9BrFN3S. The van der Waals surface area contributed by atoms with Crippen molar-refractivity contribution in [3.05, 3.63) is 28.0 Å². The number of halogens is 2. The van der Waals surface area contributed by atoms with Crippen molar-refractivity contribution in [2.75, 3.05) is 6.26 Å². The summed E-state index contributed by atoms with van der Waals surface area (Å²) >= 11 is 4.58. The van der Waals surface area contributed by atoms with Crippen LogP contribution in [0.5, 0.6) is 0 Å². The molecule has 0 aromatic heterocycles. The van der Waals surface area contributed by atoms with Crippen molar-refractivity contribution in [3.8, 4) is 6.19 Å². The first-order valence-electron chi connectivity index (χ1n) is 4.32. The van der Waals surface area contributed by atoms with Gasteiger partial charge in [0.15, 0.2) is 11.4 Å². The van der Waals surface area contributed by atoms with Gasteiger partial charge in [0, 0.05) is 10.0 Å². The van der Waals surface area contributed by atoms with Gasteiger partial charge >= 0.3 is 0 Å². The standard InChI is InChI=1S/C10H9BrFN3S/c1-6-7(12)3-4-8(9(6)11)15-10(16-2)14-5-13/h3-4H,1-2H3,(H,14,15). The minimum Gasteiger partial charge on any atom is -0.271 e. The Hall–Kier alpha value is -1.06. The zero-order chi connectivity index (χ0) is 12.1. The maximum Gasteiger partial charge on any atom is 0.183 e. The molecule has 0 unspecified atom stereocenters. The molecule has 1 rings (SSSR count). The second kappa shape index (κ2) is 5.87. The summed E-state index contributed by atoms with van der Waals surface area (Å²) in [7, 11) is 0. The highest BCUT2D eigenvalue weighted by atomic mass is 79.9. The number of aliphatic imine (C=N–C) groups is 1. The predicted molar refractivity (Wildman–Crippen MR) is 68.2 cm³/mol. The molecule has 1 N–H and O–H groups in total. The fourth-order valence-electron chi connectivity index (χ4n) is 1.02. The van der Waals surface area contributed by atoms with E-state index in [9.17, 15) is 4.39 Å². The normalized spacial score (nSPS) is 11.1. The van der Waals surface area contributed by atoms with Crippen LogP contribution >= 0.6 is 27.7 Å². The van der Waals surface area contributed by atoms with Crippen LogP contribution in [0.15, 0.2) is 21.6 Å². The topological polar surface area (TPSA) is 48.2 Å². The van der Waals surface area contributed by atoms with E-state index in [0.29, 0.717) is 20.9 Å². The summed E-state index contributed by atoms with van der Waals surface area (Å²) in [5.41, 5.74) is 1.09. The third-order valence-corrected chi connectivity index (χ3v) is 3.46. The lowest BCUT2D eigenvalue weighted by Gasteiger charge is -2.05. The average Bonchev–Trinajstić information content (AvgIpc) is 2.29. The lowest BCUT2D eigenvalue weighted by atomic mass is 10.2. The molecule has 0 spiro atoms. The van der Waals surface area contributed by atoms with E-state index in [1.807, 2.05) is 0 Å². The van der Waals surface area contributed by atoms with Crippen LogP contribution in [0.25, 0.3) is 0 Å². The Morgan fingerprint density at radius 1 is 1.62 bits per heavy atom. The summed E-state index contributed by atoms with van der Waals surface area (Å²) in [6.07, 6.45) is 3.59. The summed E-state index contributed by atoms with van der Waals surface area (Å²) in [5, 5.41) is 11.4. The highest BCUT2D eigenvalue weighted by molar-refractivity contribution is 9.10. The molecular weight excluding hydrogens is 293 g/mol. The van der Waals surface area contributed by atoms with Gasteiger partial charge in [-0.05, 0) is 41.2 Å². The molecule has 0 saturated carbocycles. The zero-order valence-corrected chi connectivity index (χ0v) is 11.1. The van der Waals surface area contributed by atoms with Crippen molar-refractivity contribution in [3.63, 3.8) is 0 Å². The maximum absolute atomic E-state index is 13.2. The van der Waals surface area contributed by atoms with Crippen LogP contribution in [-0.4, -0.2) is 11.4 Å². The molecule has 0 atom stereocenters. The molecule has 6 heteroatoms. The second-order valence-corrected chi connectivity index (χ2v) is 4.45. The first-order chi connectivity index (χ1) is 7.60. The van der Waals surface area contributed by atoms with E-state index < -0.39 is 0 Å². The largest absolute Gasteiger partial charge is 0.271 e. The van der Waals surface area contributed by atoms with Crippen molar-refractivity contribution >= 4 is 38.5 Å². The smallest absolute Gasteiger partial charge is 0.183 e. The van der Waals surface area contributed by atoms with Crippen molar-refractivity contribution in [1.82, 2.24) is 5.32 Å². The van der Waals surface area contributed by atoms with E-state index in [0.717, 1.165) is 0 Å². The van der Waals surface area contributed by atoms with E-state index in [-0.39, 0.29) is 5.82 Å². The Kier molecular flexibility index (Phi) is 4.77. The van der Waals surface area contributed by atoms with Gasteiger partial charge in [-0.1, -0.05) is 11.8 Å². The van der Waals surface area contributed by atoms with Crippen LogP contribution in [-0.2, 0) is 0 Å². The van der Waals surface area contributed by atoms with Gasteiger partial charge in [0.1, 0.15) is 5.82 Å². The number of hydrogen-bond donors (Lipinski definition) is 1. The monoisotopic (exact) mass is 301 g/mol. The lowest BCUT2D eigenvalue weighted by molar-refractivity contribution is 0.617. The van der Waals surface area contributed by atoms with Crippen LogP contribution in [0, 0.1) is 24.2 Å². The van der Waals surface area contributed by atoms with E-state index in [1.165, 1.54) is 17.8 Å². The fourth-order valence-corrected chi connectivity index (χ4v) is 1.76. The van der Waals surface area contributed by atoms with E-state index >= 15 is 0 Å². The fraction of sp³-hybridized carbons (Fsp3) is 0.200. The first kappa shape index (κ1) is 13.0. The summed E-state index contributed by atoms with van der Waals surface area (Å²) < 4.78 is 13.8.